The van der Waals surface area contributed by atoms with Crippen molar-refractivity contribution in [2.45, 2.75) is 12.8 Å². The molecule has 24 heavy (non-hydrogen) atoms. The Hall–Kier alpha value is -2.44. The number of nitrogens with zero attached hydrogens (tertiary/aromatic N) is 2. The van der Waals surface area contributed by atoms with Crippen LogP contribution in [0.1, 0.15) is 28.0 Å². The summed E-state index contributed by atoms with van der Waals surface area (Å²) in [6, 6.07) is 5.32. The third-order valence-electron chi connectivity index (χ3n) is 3.93. The fourth-order valence-corrected chi connectivity index (χ4v) is 3.72. The molecule has 0 radical (unpaired) electrons. The number of ketones is 1. The Bertz CT molecular complexity index is 1000. The average Bonchev–Trinajstić information content (AvgIpc) is 3.13. The van der Waals surface area contributed by atoms with E-state index in [0.717, 1.165) is 16.2 Å². The zero-order valence-electron chi connectivity index (χ0n) is 12.5. The van der Waals surface area contributed by atoms with Crippen LogP contribution in [-0.4, -0.2) is 21.1 Å². The van der Waals surface area contributed by atoms with Gasteiger partial charge in [-0.05, 0) is 42.3 Å². The van der Waals surface area contributed by atoms with Crippen LogP contribution < -0.4 is 5.32 Å². The van der Waals surface area contributed by atoms with E-state index in [9.17, 15) is 9.59 Å². The quantitative estimate of drug-likeness (QED) is 0.572. The number of hydrogen-bond donors (Lipinski definition) is 1. The van der Waals surface area contributed by atoms with E-state index >= 15 is 0 Å². The van der Waals surface area contributed by atoms with E-state index in [0.29, 0.717) is 29.3 Å². The number of imidazole rings is 1. The van der Waals surface area contributed by atoms with Gasteiger partial charge in [-0.15, -0.1) is 11.3 Å². The second-order valence-corrected chi connectivity index (χ2v) is 6.69. The van der Waals surface area contributed by atoms with Crippen LogP contribution in [0.4, 0.5) is 5.69 Å². The maximum atomic E-state index is 12.4. The molecule has 0 atom stereocenters. The molecular weight excluding hydrogens is 346 g/mol. The molecule has 2 aromatic heterocycles. The molecule has 0 saturated heterocycles. The van der Waals surface area contributed by atoms with Gasteiger partial charge in [-0.1, -0.05) is 11.6 Å². The molecule has 0 saturated carbocycles. The number of carbonyl (C=O) groups excluding carboxylic acids is 2. The molecule has 1 aliphatic rings. The van der Waals surface area contributed by atoms with Crippen molar-refractivity contribution < 1.29 is 9.59 Å². The topological polar surface area (TPSA) is 63.5 Å². The molecule has 4 rings (SSSR count). The maximum Gasteiger partial charge on any atom is 0.224 e. The maximum absolute atomic E-state index is 12.4. The third kappa shape index (κ3) is 2.64. The Morgan fingerprint density at radius 2 is 2.25 bits per heavy atom. The van der Waals surface area contributed by atoms with E-state index in [1.807, 2.05) is 22.0 Å². The Morgan fingerprint density at radius 1 is 1.38 bits per heavy atom. The van der Waals surface area contributed by atoms with E-state index in [1.54, 1.807) is 18.2 Å². The smallest absolute Gasteiger partial charge is 0.224 e. The van der Waals surface area contributed by atoms with Crippen LogP contribution in [0.15, 0.2) is 35.9 Å². The standard InChI is InChI=1S/C17H12ClN3O2S/c18-16-13(21-7-8-24-17(21)20-16)4-5-14(22)11-1-3-12-10(9-11)2-6-15(23)19-12/h1,3-5,7-9H,2,6H2,(H,19,23). The van der Waals surface area contributed by atoms with Gasteiger partial charge in [-0.2, -0.15) is 0 Å². The number of nitrogens with one attached hydrogen (secondary N) is 1. The van der Waals surface area contributed by atoms with Crippen molar-refractivity contribution in [3.8, 4) is 0 Å². The van der Waals surface area contributed by atoms with Gasteiger partial charge in [0.2, 0.25) is 5.91 Å². The Balaban J connectivity index is 1.61. The highest BCUT2D eigenvalue weighted by Crippen LogP contribution is 2.25. The Morgan fingerprint density at radius 3 is 3.12 bits per heavy atom. The van der Waals surface area contributed by atoms with Gasteiger partial charge in [0.25, 0.3) is 0 Å². The van der Waals surface area contributed by atoms with Crippen molar-refractivity contribution in [1.29, 1.82) is 0 Å². The lowest BCUT2D eigenvalue weighted by Gasteiger charge is -2.16. The molecule has 7 heteroatoms. The lowest BCUT2D eigenvalue weighted by Crippen LogP contribution is -2.19. The second-order valence-electron chi connectivity index (χ2n) is 5.46. The summed E-state index contributed by atoms with van der Waals surface area (Å²) in [5, 5.41) is 5.10. The molecule has 0 aliphatic carbocycles. The van der Waals surface area contributed by atoms with Crippen LogP contribution in [0.25, 0.3) is 11.0 Å². The predicted molar refractivity (Wildman–Crippen MR) is 94.8 cm³/mol. The van der Waals surface area contributed by atoms with Crippen molar-refractivity contribution in [2.24, 2.45) is 0 Å². The molecular formula is C17H12ClN3O2S. The number of fused-ring (bicyclic) bond motifs is 2. The molecule has 3 heterocycles. The first-order valence-electron chi connectivity index (χ1n) is 7.38. The molecule has 0 unspecified atom stereocenters. The van der Waals surface area contributed by atoms with Crippen LogP contribution in [0.5, 0.6) is 0 Å². The monoisotopic (exact) mass is 357 g/mol. The molecule has 5 nitrogen and oxygen atoms in total. The molecule has 0 bridgehead atoms. The van der Waals surface area contributed by atoms with Crippen molar-refractivity contribution in [2.75, 3.05) is 5.32 Å². The van der Waals surface area contributed by atoms with E-state index < -0.39 is 0 Å². The van der Waals surface area contributed by atoms with Gasteiger partial charge >= 0.3 is 0 Å². The summed E-state index contributed by atoms with van der Waals surface area (Å²) in [7, 11) is 0. The van der Waals surface area contributed by atoms with Crippen molar-refractivity contribution >= 4 is 51.4 Å². The van der Waals surface area contributed by atoms with Gasteiger partial charge in [-0.3, -0.25) is 14.0 Å². The highest BCUT2D eigenvalue weighted by molar-refractivity contribution is 7.15. The van der Waals surface area contributed by atoms with E-state index in [4.69, 9.17) is 11.6 Å². The van der Waals surface area contributed by atoms with Gasteiger partial charge in [0.15, 0.2) is 15.9 Å². The fourth-order valence-electron chi connectivity index (χ4n) is 2.71. The highest BCUT2D eigenvalue weighted by Gasteiger charge is 2.16. The Kier molecular flexibility index (Phi) is 3.70. The van der Waals surface area contributed by atoms with Gasteiger partial charge in [-0.25, -0.2) is 4.98 Å². The zero-order valence-corrected chi connectivity index (χ0v) is 14.0. The largest absolute Gasteiger partial charge is 0.326 e. The van der Waals surface area contributed by atoms with Crippen molar-refractivity contribution in [3.05, 3.63) is 57.8 Å². The minimum Gasteiger partial charge on any atom is -0.326 e. The fraction of sp³-hybridized carbons (Fsp3) is 0.118. The van der Waals surface area contributed by atoms with Crippen LogP contribution in [-0.2, 0) is 11.2 Å². The summed E-state index contributed by atoms with van der Waals surface area (Å²) in [6.07, 6.45) is 6.14. The van der Waals surface area contributed by atoms with E-state index in [1.165, 1.54) is 17.4 Å². The summed E-state index contributed by atoms with van der Waals surface area (Å²) in [4.78, 5) is 28.8. The summed E-state index contributed by atoms with van der Waals surface area (Å²) in [5.74, 6) is -0.104. The van der Waals surface area contributed by atoms with Gasteiger partial charge < -0.3 is 5.32 Å². The predicted octanol–water partition coefficient (Wildman–Crippen LogP) is 3.83. The Labute approximate surface area is 146 Å². The first-order chi connectivity index (χ1) is 11.6. The number of allylic oxidation sites excluding steroid dienone is 1. The molecule has 0 fully saturated rings. The normalized spacial score (nSPS) is 14.1. The van der Waals surface area contributed by atoms with Crippen molar-refractivity contribution in [1.82, 2.24) is 9.38 Å². The van der Waals surface area contributed by atoms with Crippen LogP contribution >= 0.6 is 22.9 Å². The number of rotatable bonds is 3. The molecule has 1 aliphatic heterocycles. The van der Waals surface area contributed by atoms with Crippen LogP contribution in [0.3, 0.4) is 0 Å². The van der Waals surface area contributed by atoms with Crippen LogP contribution in [0.2, 0.25) is 5.15 Å². The molecule has 1 amide bonds. The minimum absolute atomic E-state index is 0.0108. The van der Waals surface area contributed by atoms with Gasteiger partial charge in [0.05, 0.1) is 5.69 Å². The summed E-state index contributed by atoms with van der Waals surface area (Å²) in [5.41, 5.74) is 3.04. The summed E-state index contributed by atoms with van der Waals surface area (Å²) >= 11 is 7.60. The molecule has 1 N–H and O–H groups in total. The number of thiazole rings is 1. The second kappa shape index (κ2) is 5.89. The number of halogens is 1. The number of aromatic nitrogens is 2. The van der Waals surface area contributed by atoms with Gasteiger partial charge in [0.1, 0.15) is 0 Å². The molecule has 1 aromatic carbocycles. The first-order valence-corrected chi connectivity index (χ1v) is 8.64. The number of amides is 1. The van der Waals surface area contributed by atoms with Crippen LogP contribution in [0, 0.1) is 0 Å². The molecule has 120 valence electrons. The summed E-state index contributed by atoms with van der Waals surface area (Å²) in [6.45, 7) is 0. The number of aryl methyl sites for hydroxylation is 1. The average molecular weight is 358 g/mol. The summed E-state index contributed by atoms with van der Waals surface area (Å²) < 4.78 is 1.85. The third-order valence-corrected chi connectivity index (χ3v) is 4.97. The number of carbonyl (C=O) groups is 2. The number of hydrogen-bond acceptors (Lipinski definition) is 4. The molecule has 3 aromatic rings. The first kappa shape index (κ1) is 15.1. The molecule has 0 spiro atoms. The van der Waals surface area contributed by atoms with E-state index in [-0.39, 0.29) is 11.7 Å². The van der Waals surface area contributed by atoms with Gasteiger partial charge in [0, 0.05) is 29.2 Å². The number of benzene rings is 1. The van der Waals surface area contributed by atoms with Crippen molar-refractivity contribution in [3.63, 3.8) is 0 Å². The number of anilines is 1. The highest BCUT2D eigenvalue weighted by atomic mass is 35.5. The van der Waals surface area contributed by atoms with E-state index in [2.05, 4.69) is 10.3 Å². The minimum atomic E-state index is -0.115. The SMILES string of the molecule is O=C1CCc2cc(C(=O)C=Cc3c(Cl)nc4sccn34)ccc2N1. The lowest BCUT2D eigenvalue weighted by molar-refractivity contribution is -0.116. The zero-order chi connectivity index (χ0) is 16.7. The lowest BCUT2D eigenvalue weighted by atomic mass is 9.98.